The average molecular weight is 257 g/mol. The van der Waals surface area contributed by atoms with Gasteiger partial charge in [0.25, 0.3) is 7.11 Å². The zero-order valence-corrected chi connectivity index (χ0v) is 8.49. The van der Waals surface area contributed by atoms with E-state index in [1.54, 1.807) is 0 Å². The van der Waals surface area contributed by atoms with Crippen LogP contribution < -0.4 is 0 Å². The predicted octanol–water partition coefficient (Wildman–Crippen LogP) is 3.27. The largest absolute Gasteiger partial charge is 0.421 e. The molecule has 1 nitrogen and oxygen atoms in total. The van der Waals surface area contributed by atoms with Crippen molar-refractivity contribution >= 4 is 5.78 Å². The zero-order chi connectivity index (χ0) is 13.3. The normalized spacial score (nSPS) is 16.4. The Labute approximate surface area is 92.4 Å². The third kappa shape index (κ3) is 3.21. The number of ketones is 1. The van der Waals surface area contributed by atoms with Gasteiger partial charge in [-0.3, -0.25) is 4.42 Å². The van der Waals surface area contributed by atoms with Crippen molar-refractivity contribution in [3.8, 4) is 0 Å². The lowest BCUT2D eigenvalue weighted by molar-refractivity contribution is -0.417. The van der Waals surface area contributed by atoms with Crippen LogP contribution in [0.3, 0.4) is 0 Å². The predicted molar refractivity (Wildman–Crippen MR) is 48.3 cm³/mol. The van der Waals surface area contributed by atoms with Gasteiger partial charge in [-0.05, 0) is 17.7 Å². The van der Waals surface area contributed by atoms with E-state index in [9.17, 15) is 26.3 Å². The van der Waals surface area contributed by atoms with E-state index in [1.165, 1.54) is 7.11 Å². The van der Waals surface area contributed by atoms with Crippen molar-refractivity contribution in [3.05, 3.63) is 35.5 Å². The Morgan fingerprint density at radius 2 is 1.29 bits per heavy atom. The van der Waals surface area contributed by atoms with Gasteiger partial charge in [0.05, 0.1) is 0 Å². The van der Waals surface area contributed by atoms with Crippen LogP contribution in [-0.2, 0) is 4.42 Å². The molecule has 0 N–H and O–H groups in total. The van der Waals surface area contributed by atoms with E-state index in [1.807, 2.05) is 0 Å². The molecule has 0 aliphatic heterocycles. The lowest BCUT2D eigenvalue weighted by Gasteiger charge is -2.17. The first-order valence-electron chi connectivity index (χ1n) is 4.32. The molecule has 0 amide bonds. The zero-order valence-electron chi connectivity index (χ0n) is 8.49. The van der Waals surface area contributed by atoms with Crippen LogP contribution in [0.15, 0.2) is 35.5 Å². The molecular formula is C10H7F6O+. The fraction of sp³-hybridized carbons (Fsp3) is 0.300. The summed E-state index contributed by atoms with van der Waals surface area (Å²) in [5.74, 6) is 0.178. The van der Waals surface area contributed by atoms with Gasteiger partial charge in [-0.25, -0.2) is 0 Å². The van der Waals surface area contributed by atoms with E-state index in [0.29, 0.717) is 0 Å². The molecular weight excluding hydrogens is 250 g/mol. The van der Waals surface area contributed by atoms with Crippen LogP contribution in [0.2, 0.25) is 0 Å². The lowest BCUT2D eigenvalue weighted by Crippen LogP contribution is -2.27. The van der Waals surface area contributed by atoms with Crippen LogP contribution in [0, 0.1) is 0 Å². The standard InChI is InChI=1S/C10H7F6O/c1-17-7-4-2-6(3-5-7)8(9(11,12)13)10(14,15)16/h2-5H,1H3/q+1. The van der Waals surface area contributed by atoms with Gasteiger partial charge >= 0.3 is 18.1 Å². The van der Waals surface area contributed by atoms with Gasteiger partial charge < -0.3 is 0 Å². The fourth-order valence-corrected chi connectivity index (χ4v) is 1.25. The molecule has 0 bridgehead atoms. The number of hydrogen-bond acceptors (Lipinski definition) is 0. The van der Waals surface area contributed by atoms with Crippen LogP contribution in [0.4, 0.5) is 26.3 Å². The molecule has 17 heavy (non-hydrogen) atoms. The highest BCUT2D eigenvalue weighted by Gasteiger charge is 2.52. The quantitative estimate of drug-likeness (QED) is 0.466. The summed E-state index contributed by atoms with van der Waals surface area (Å²) in [6.45, 7) is 0. The van der Waals surface area contributed by atoms with Gasteiger partial charge in [0.1, 0.15) is 5.57 Å². The van der Waals surface area contributed by atoms with Gasteiger partial charge in [0.2, 0.25) is 0 Å². The van der Waals surface area contributed by atoms with Crippen molar-refractivity contribution in [3.63, 3.8) is 0 Å². The summed E-state index contributed by atoms with van der Waals surface area (Å²) in [5, 5.41) is 0. The minimum absolute atomic E-state index is 0.178. The van der Waals surface area contributed by atoms with E-state index in [4.69, 9.17) is 0 Å². The maximum Gasteiger partial charge on any atom is 0.421 e. The molecule has 0 radical (unpaired) electrons. The summed E-state index contributed by atoms with van der Waals surface area (Å²) >= 11 is 0. The van der Waals surface area contributed by atoms with Crippen LogP contribution in [0.1, 0.15) is 0 Å². The fourth-order valence-electron chi connectivity index (χ4n) is 1.25. The van der Waals surface area contributed by atoms with E-state index >= 15 is 0 Å². The number of halogens is 6. The molecule has 0 atom stereocenters. The molecule has 0 fully saturated rings. The minimum atomic E-state index is -5.45. The van der Waals surface area contributed by atoms with Gasteiger partial charge in [-0.15, -0.1) is 0 Å². The van der Waals surface area contributed by atoms with E-state index in [0.717, 1.165) is 24.3 Å². The van der Waals surface area contributed by atoms with Crippen molar-refractivity contribution in [2.75, 3.05) is 7.11 Å². The van der Waals surface area contributed by atoms with E-state index < -0.39 is 23.5 Å². The van der Waals surface area contributed by atoms with Crippen molar-refractivity contribution in [1.82, 2.24) is 0 Å². The summed E-state index contributed by atoms with van der Waals surface area (Å²) < 4.78 is 78.4. The Bertz CT molecular complexity index is 385. The van der Waals surface area contributed by atoms with Crippen molar-refractivity contribution in [1.29, 1.82) is 0 Å². The topological polar surface area (TPSA) is 11.3 Å². The van der Waals surface area contributed by atoms with Gasteiger partial charge in [0.15, 0.2) is 0 Å². The summed E-state index contributed by atoms with van der Waals surface area (Å²) in [6.07, 6.45) is -7.40. The maximum absolute atomic E-state index is 12.3. The summed E-state index contributed by atoms with van der Waals surface area (Å²) in [6, 6.07) is 0. The van der Waals surface area contributed by atoms with Crippen LogP contribution in [-0.4, -0.2) is 25.2 Å². The van der Waals surface area contributed by atoms with Crippen molar-refractivity contribution in [2.24, 2.45) is 0 Å². The molecule has 1 rings (SSSR count). The molecule has 0 aromatic carbocycles. The Kier molecular flexibility index (Phi) is 3.49. The summed E-state index contributed by atoms with van der Waals surface area (Å²) in [7, 11) is 1.26. The minimum Gasteiger partial charge on any atom is -0.258 e. The first-order valence-corrected chi connectivity index (χ1v) is 4.32. The third-order valence-corrected chi connectivity index (χ3v) is 1.95. The van der Waals surface area contributed by atoms with Gasteiger partial charge in [-0.1, -0.05) is 0 Å². The highest BCUT2D eigenvalue weighted by molar-refractivity contribution is 6.01. The van der Waals surface area contributed by atoms with Gasteiger partial charge in [0, 0.05) is 12.2 Å². The molecule has 0 spiro atoms. The van der Waals surface area contributed by atoms with E-state index in [-0.39, 0.29) is 5.78 Å². The first kappa shape index (κ1) is 13.5. The second-order valence-electron chi connectivity index (χ2n) is 3.10. The second-order valence-corrected chi connectivity index (χ2v) is 3.10. The lowest BCUT2D eigenvalue weighted by atomic mass is 10.0. The Balaban J connectivity index is 3.30. The highest BCUT2D eigenvalue weighted by Crippen LogP contribution is 2.41. The number of hydrogen-bond donors (Lipinski definition) is 0. The Morgan fingerprint density at radius 1 is 0.882 bits per heavy atom. The molecule has 0 aromatic rings. The second kappa shape index (κ2) is 4.38. The van der Waals surface area contributed by atoms with Gasteiger partial charge in [-0.2, -0.15) is 26.3 Å². The molecule has 0 aromatic heterocycles. The molecule has 94 valence electrons. The number of alkyl halides is 6. The van der Waals surface area contributed by atoms with Crippen LogP contribution in [0.25, 0.3) is 0 Å². The monoisotopic (exact) mass is 257 g/mol. The summed E-state index contributed by atoms with van der Waals surface area (Å²) in [5.41, 5.74) is -3.46. The smallest absolute Gasteiger partial charge is 0.258 e. The maximum atomic E-state index is 12.3. The number of rotatable bonds is 0. The van der Waals surface area contributed by atoms with Crippen molar-refractivity contribution < 1.29 is 30.8 Å². The van der Waals surface area contributed by atoms with Crippen molar-refractivity contribution in [2.45, 2.75) is 12.4 Å². The Hall–Kier alpha value is -1.53. The van der Waals surface area contributed by atoms with E-state index in [2.05, 4.69) is 4.42 Å². The number of allylic oxidation sites excluding steroid dienone is 6. The molecule has 0 heterocycles. The number of carbonyl (C=O) groups excluding carboxylic acids is 1. The third-order valence-electron chi connectivity index (χ3n) is 1.95. The molecule has 1 aliphatic carbocycles. The molecule has 7 heteroatoms. The Morgan fingerprint density at radius 3 is 1.59 bits per heavy atom. The summed E-state index contributed by atoms with van der Waals surface area (Å²) in [4.78, 5) is 0. The van der Waals surface area contributed by atoms with Crippen LogP contribution >= 0.6 is 0 Å². The average Bonchev–Trinajstić information content (AvgIpc) is 2.14. The van der Waals surface area contributed by atoms with Crippen LogP contribution in [0.5, 0.6) is 0 Å². The molecule has 0 saturated carbocycles. The molecule has 1 aliphatic rings. The SMILES string of the molecule is C[O+]=C1C=CC(=C(C(F)(F)F)C(F)(F)F)C=C1. The molecule has 0 unspecified atom stereocenters. The highest BCUT2D eigenvalue weighted by atomic mass is 19.4. The molecule has 0 saturated heterocycles. The first-order chi connectivity index (χ1) is 7.66.